The van der Waals surface area contributed by atoms with E-state index in [1.165, 1.54) is 6.07 Å². The Morgan fingerprint density at radius 2 is 1.86 bits per heavy atom. The van der Waals surface area contributed by atoms with Gasteiger partial charge in [0.1, 0.15) is 23.2 Å². The summed E-state index contributed by atoms with van der Waals surface area (Å²) in [6, 6.07) is 13.8. The lowest BCUT2D eigenvalue weighted by atomic mass is 10.00. The molecule has 240 valence electrons. The smallest absolute Gasteiger partial charge is 0.422 e. The summed E-state index contributed by atoms with van der Waals surface area (Å²) in [5.41, 5.74) is 2.43. The van der Waals surface area contributed by atoms with Crippen molar-refractivity contribution in [3.8, 4) is 0 Å². The first kappa shape index (κ1) is 32.6. The lowest BCUT2D eigenvalue weighted by molar-refractivity contribution is -0.0909. The van der Waals surface area contributed by atoms with Gasteiger partial charge in [-0.3, -0.25) is 10.3 Å². The summed E-state index contributed by atoms with van der Waals surface area (Å²) in [7, 11) is 0. The normalized spacial score (nSPS) is 26.1. The second kappa shape index (κ2) is 13.3. The molecule has 3 aliphatic rings. The number of carbonyl (C=O) groups excluding carboxylic acids is 2. The summed E-state index contributed by atoms with van der Waals surface area (Å²) in [6.45, 7) is 10.0. The van der Waals surface area contributed by atoms with Crippen molar-refractivity contribution in [3.63, 3.8) is 0 Å². The first-order chi connectivity index (χ1) is 20.8. The molecule has 2 amide bonds. The number of hydrogen-bond acceptors (Lipinski definition) is 8. The van der Waals surface area contributed by atoms with Crippen LogP contribution in [0.25, 0.3) is 0 Å². The standard InChI is InChI=1S/C32H41BrFN3O7/c1-31(2,3)44-30(39)37-25(16-20-10-12-22(33)13-11-20)26(43-32(37,4)5)18-36(17-21-8-6-7-9-24(21)34)35-29(38)42-27-19-41-28-23(27)14-15-40-28/h6-13,23,25-28H,14-19H2,1-5H3,(H,35,38)/t23-,25?,26-,27-,28+/m0/s1. The number of nitrogens with one attached hydrogen (secondary N) is 1. The zero-order valence-electron chi connectivity index (χ0n) is 25.8. The minimum atomic E-state index is -1.03. The van der Waals surface area contributed by atoms with Gasteiger partial charge < -0.3 is 23.7 Å². The SMILES string of the molecule is CC(C)(C)OC(=O)N1C(Cc2ccc(Br)cc2)[C@H](CN(Cc2ccccc2F)NC(=O)O[C@H]2CO[C@H]3OCC[C@H]32)OC1(C)C. The molecular weight excluding hydrogens is 637 g/mol. The van der Waals surface area contributed by atoms with E-state index in [4.69, 9.17) is 23.7 Å². The van der Waals surface area contributed by atoms with Crippen LogP contribution < -0.4 is 5.43 Å². The fourth-order valence-corrected chi connectivity index (χ4v) is 6.29. The summed E-state index contributed by atoms with van der Waals surface area (Å²) in [5, 5.41) is 1.58. The number of nitrogens with zero attached hydrogens (tertiary/aromatic N) is 2. The molecule has 44 heavy (non-hydrogen) atoms. The molecule has 5 atom stereocenters. The number of carbonyl (C=O) groups is 2. The van der Waals surface area contributed by atoms with E-state index >= 15 is 0 Å². The van der Waals surface area contributed by atoms with E-state index in [9.17, 15) is 14.0 Å². The van der Waals surface area contributed by atoms with Gasteiger partial charge in [-0.1, -0.05) is 46.3 Å². The molecule has 3 saturated heterocycles. The number of hydrazine groups is 1. The van der Waals surface area contributed by atoms with Gasteiger partial charge in [-0.15, -0.1) is 0 Å². The van der Waals surface area contributed by atoms with E-state index in [2.05, 4.69) is 21.4 Å². The largest absolute Gasteiger partial charge is 0.444 e. The predicted octanol–water partition coefficient (Wildman–Crippen LogP) is 5.78. The Balaban J connectivity index is 1.40. The van der Waals surface area contributed by atoms with Gasteiger partial charge in [-0.2, -0.15) is 0 Å². The molecule has 12 heteroatoms. The molecule has 3 aliphatic heterocycles. The van der Waals surface area contributed by atoms with Gasteiger partial charge in [-0.05, 0) is 71.2 Å². The molecule has 10 nitrogen and oxygen atoms in total. The van der Waals surface area contributed by atoms with Crippen LogP contribution in [0.5, 0.6) is 0 Å². The number of halogens is 2. The number of ether oxygens (including phenoxy) is 5. The fourth-order valence-electron chi connectivity index (χ4n) is 6.02. The Bertz CT molecular complexity index is 1320. The van der Waals surface area contributed by atoms with Gasteiger partial charge in [0.15, 0.2) is 6.29 Å². The summed E-state index contributed by atoms with van der Waals surface area (Å²) in [5.74, 6) is -0.435. The first-order valence-corrected chi connectivity index (χ1v) is 15.7. The van der Waals surface area contributed by atoms with E-state index in [0.29, 0.717) is 18.6 Å². The molecule has 2 aromatic carbocycles. The van der Waals surface area contributed by atoms with Gasteiger partial charge in [0, 0.05) is 23.1 Å². The maximum absolute atomic E-state index is 14.8. The Morgan fingerprint density at radius 3 is 2.57 bits per heavy atom. The Hall–Kier alpha value is -2.77. The number of amides is 2. The second-order valence-corrected chi connectivity index (χ2v) is 13.8. The van der Waals surface area contributed by atoms with E-state index in [1.807, 2.05) is 58.9 Å². The number of hydrogen-bond donors (Lipinski definition) is 1. The van der Waals surface area contributed by atoms with Gasteiger partial charge in [-0.25, -0.2) is 19.0 Å². The number of rotatable bonds is 8. The van der Waals surface area contributed by atoms with E-state index in [-0.39, 0.29) is 31.9 Å². The maximum Gasteiger partial charge on any atom is 0.422 e. The molecule has 3 heterocycles. The quantitative estimate of drug-likeness (QED) is 0.352. The van der Waals surface area contributed by atoms with Gasteiger partial charge in [0.2, 0.25) is 0 Å². The van der Waals surface area contributed by atoms with Gasteiger partial charge in [0.05, 0.1) is 31.3 Å². The average Bonchev–Trinajstić information content (AvgIpc) is 3.60. The monoisotopic (exact) mass is 677 g/mol. The minimum Gasteiger partial charge on any atom is -0.444 e. The zero-order valence-corrected chi connectivity index (χ0v) is 27.3. The third-order valence-corrected chi connectivity index (χ3v) is 8.47. The molecule has 0 aromatic heterocycles. The van der Waals surface area contributed by atoms with Crippen LogP contribution in [-0.2, 0) is 36.6 Å². The van der Waals surface area contributed by atoms with Crippen LogP contribution in [0, 0.1) is 11.7 Å². The van der Waals surface area contributed by atoms with Gasteiger partial charge in [0.25, 0.3) is 0 Å². The van der Waals surface area contributed by atoms with Crippen molar-refractivity contribution >= 4 is 28.1 Å². The molecule has 0 saturated carbocycles. The Labute approximate surface area is 266 Å². The molecule has 0 spiro atoms. The van der Waals surface area contributed by atoms with Crippen molar-refractivity contribution in [2.24, 2.45) is 5.92 Å². The molecule has 3 fully saturated rings. The minimum absolute atomic E-state index is 0.0302. The van der Waals surface area contributed by atoms with Crippen LogP contribution in [0.2, 0.25) is 0 Å². The highest BCUT2D eigenvalue weighted by Crippen LogP contribution is 2.36. The molecule has 1 unspecified atom stereocenters. The average molecular weight is 679 g/mol. The predicted molar refractivity (Wildman–Crippen MR) is 163 cm³/mol. The molecule has 0 radical (unpaired) electrons. The van der Waals surface area contributed by atoms with Crippen molar-refractivity contribution in [2.75, 3.05) is 19.8 Å². The third-order valence-electron chi connectivity index (χ3n) is 7.94. The van der Waals surface area contributed by atoms with Gasteiger partial charge >= 0.3 is 12.2 Å². The molecule has 5 rings (SSSR count). The van der Waals surface area contributed by atoms with E-state index < -0.39 is 47.6 Å². The molecular formula is C32H41BrFN3O7. The van der Waals surface area contributed by atoms with Crippen LogP contribution in [-0.4, -0.2) is 77.7 Å². The Kier molecular flexibility index (Phi) is 9.86. The van der Waals surface area contributed by atoms with E-state index in [1.54, 1.807) is 28.1 Å². The van der Waals surface area contributed by atoms with Crippen molar-refractivity contribution in [1.29, 1.82) is 0 Å². The summed E-state index contributed by atoms with van der Waals surface area (Å²) in [4.78, 5) is 28.4. The summed E-state index contributed by atoms with van der Waals surface area (Å²) in [6.07, 6.45) is -1.40. The lowest BCUT2D eigenvalue weighted by Gasteiger charge is -2.35. The second-order valence-electron chi connectivity index (χ2n) is 12.9. The highest BCUT2D eigenvalue weighted by Gasteiger charge is 2.52. The highest BCUT2D eigenvalue weighted by molar-refractivity contribution is 9.10. The lowest BCUT2D eigenvalue weighted by Crippen LogP contribution is -2.53. The van der Waals surface area contributed by atoms with Crippen LogP contribution in [0.4, 0.5) is 14.0 Å². The van der Waals surface area contributed by atoms with Crippen molar-refractivity contribution in [3.05, 3.63) is 69.9 Å². The maximum atomic E-state index is 14.8. The molecule has 2 aromatic rings. The van der Waals surface area contributed by atoms with Crippen LogP contribution in [0.3, 0.4) is 0 Å². The Morgan fingerprint density at radius 1 is 1.14 bits per heavy atom. The number of benzene rings is 2. The molecule has 0 bridgehead atoms. The van der Waals surface area contributed by atoms with E-state index in [0.717, 1.165) is 16.5 Å². The highest BCUT2D eigenvalue weighted by atomic mass is 79.9. The fraction of sp³-hybridized carbons (Fsp3) is 0.562. The van der Waals surface area contributed by atoms with Crippen LogP contribution in [0.1, 0.15) is 52.2 Å². The summed E-state index contributed by atoms with van der Waals surface area (Å²) >= 11 is 3.48. The third kappa shape index (κ3) is 7.89. The summed E-state index contributed by atoms with van der Waals surface area (Å²) < 4.78 is 45.0. The van der Waals surface area contributed by atoms with Crippen LogP contribution >= 0.6 is 15.9 Å². The molecule has 1 N–H and O–H groups in total. The topological polar surface area (TPSA) is 98.8 Å². The van der Waals surface area contributed by atoms with Crippen molar-refractivity contribution in [1.82, 2.24) is 15.3 Å². The van der Waals surface area contributed by atoms with Crippen LogP contribution in [0.15, 0.2) is 53.0 Å². The van der Waals surface area contributed by atoms with Crippen molar-refractivity contribution in [2.45, 2.75) is 89.9 Å². The first-order valence-electron chi connectivity index (χ1n) is 14.9. The molecule has 0 aliphatic carbocycles. The van der Waals surface area contributed by atoms with Crippen molar-refractivity contribution < 1.29 is 37.7 Å². The zero-order chi connectivity index (χ0) is 31.6. The number of fused-ring (bicyclic) bond motifs is 1.